The first kappa shape index (κ1) is 16.9. The molecule has 1 aliphatic rings. The Kier molecular flexibility index (Phi) is 5.77. The Morgan fingerprint density at radius 1 is 1.38 bits per heavy atom. The molecule has 0 saturated carbocycles. The van der Waals surface area contributed by atoms with E-state index in [0.717, 1.165) is 32.5 Å². The lowest BCUT2D eigenvalue weighted by molar-refractivity contribution is 0.0900. The van der Waals surface area contributed by atoms with Gasteiger partial charge < -0.3 is 5.32 Å². The molecular formula is C17H21N5OS. The number of thioether (sulfide) groups is 1. The van der Waals surface area contributed by atoms with Gasteiger partial charge in [0, 0.05) is 43.9 Å². The van der Waals surface area contributed by atoms with Crippen LogP contribution in [-0.2, 0) is 6.54 Å². The SMILES string of the molecule is CSc1ncc(C(=O)N[C@H]2CCCN(Cc3cccnc3)C2)cn1. The quantitative estimate of drug-likeness (QED) is 0.661. The van der Waals surface area contributed by atoms with Crippen molar-refractivity contribution >= 4 is 17.7 Å². The molecule has 1 fully saturated rings. The van der Waals surface area contributed by atoms with Crippen molar-refractivity contribution in [3.63, 3.8) is 0 Å². The van der Waals surface area contributed by atoms with E-state index in [4.69, 9.17) is 0 Å². The molecule has 0 unspecified atom stereocenters. The van der Waals surface area contributed by atoms with Crippen molar-refractivity contribution in [2.24, 2.45) is 0 Å². The second-order valence-electron chi connectivity index (χ2n) is 5.87. The standard InChI is InChI=1S/C17H21N5OS/c1-24-17-19-9-14(10-20-17)16(23)21-15-5-3-7-22(12-15)11-13-4-2-6-18-8-13/h2,4,6,8-10,15H,3,5,7,11-12H2,1H3,(H,21,23)/t15-/m0/s1. The molecule has 3 rings (SSSR count). The molecular weight excluding hydrogens is 322 g/mol. The molecule has 2 aromatic rings. The molecule has 126 valence electrons. The Labute approximate surface area is 146 Å². The van der Waals surface area contributed by atoms with Crippen LogP contribution < -0.4 is 5.32 Å². The Morgan fingerprint density at radius 2 is 2.21 bits per heavy atom. The van der Waals surface area contributed by atoms with Crippen LogP contribution in [0.2, 0.25) is 0 Å². The highest BCUT2D eigenvalue weighted by molar-refractivity contribution is 7.98. The molecule has 7 heteroatoms. The predicted octanol–water partition coefficient (Wildman–Crippen LogP) is 1.99. The van der Waals surface area contributed by atoms with Crippen molar-refractivity contribution in [1.82, 2.24) is 25.2 Å². The Hall–Kier alpha value is -1.99. The lowest BCUT2D eigenvalue weighted by Gasteiger charge is -2.33. The Morgan fingerprint density at radius 3 is 2.92 bits per heavy atom. The van der Waals surface area contributed by atoms with E-state index < -0.39 is 0 Å². The highest BCUT2D eigenvalue weighted by Crippen LogP contribution is 2.14. The summed E-state index contributed by atoms with van der Waals surface area (Å²) in [7, 11) is 0. The maximum Gasteiger partial charge on any atom is 0.254 e. The van der Waals surface area contributed by atoms with Crippen LogP contribution in [0.5, 0.6) is 0 Å². The van der Waals surface area contributed by atoms with Crippen LogP contribution in [0.3, 0.4) is 0 Å². The highest BCUT2D eigenvalue weighted by Gasteiger charge is 2.22. The van der Waals surface area contributed by atoms with Crippen LogP contribution in [0.15, 0.2) is 42.1 Å². The summed E-state index contributed by atoms with van der Waals surface area (Å²) >= 11 is 1.46. The van der Waals surface area contributed by atoms with Crippen molar-refractivity contribution in [3.05, 3.63) is 48.0 Å². The van der Waals surface area contributed by atoms with E-state index in [1.807, 2.05) is 18.5 Å². The van der Waals surface area contributed by atoms with Gasteiger partial charge in [-0.25, -0.2) is 9.97 Å². The van der Waals surface area contributed by atoms with Crippen LogP contribution in [-0.4, -0.2) is 51.1 Å². The second kappa shape index (κ2) is 8.21. The van der Waals surface area contributed by atoms with E-state index in [-0.39, 0.29) is 11.9 Å². The van der Waals surface area contributed by atoms with Gasteiger partial charge >= 0.3 is 0 Å². The van der Waals surface area contributed by atoms with Crippen molar-refractivity contribution in [2.45, 2.75) is 30.6 Å². The lowest BCUT2D eigenvalue weighted by Crippen LogP contribution is -2.47. The Balaban J connectivity index is 1.55. The van der Waals surface area contributed by atoms with Crippen molar-refractivity contribution in [1.29, 1.82) is 0 Å². The van der Waals surface area contributed by atoms with Crippen LogP contribution in [0.1, 0.15) is 28.8 Å². The van der Waals surface area contributed by atoms with E-state index in [0.29, 0.717) is 10.7 Å². The minimum Gasteiger partial charge on any atom is -0.348 e. The van der Waals surface area contributed by atoms with E-state index in [2.05, 4.69) is 31.2 Å². The number of pyridine rings is 1. The smallest absolute Gasteiger partial charge is 0.254 e. The predicted molar refractivity (Wildman–Crippen MR) is 93.8 cm³/mol. The first-order chi connectivity index (χ1) is 11.7. The molecule has 1 atom stereocenters. The molecule has 0 bridgehead atoms. The van der Waals surface area contributed by atoms with E-state index >= 15 is 0 Å². The summed E-state index contributed by atoms with van der Waals surface area (Å²) < 4.78 is 0. The number of likely N-dealkylation sites (tertiary alicyclic amines) is 1. The van der Waals surface area contributed by atoms with Gasteiger partial charge in [0.05, 0.1) is 5.56 Å². The molecule has 1 N–H and O–H groups in total. The first-order valence-corrected chi connectivity index (χ1v) is 9.25. The number of nitrogens with zero attached hydrogens (tertiary/aromatic N) is 4. The first-order valence-electron chi connectivity index (χ1n) is 8.03. The molecule has 1 saturated heterocycles. The summed E-state index contributed by atoms with van der Waals surface area (Å²) in [5.41, 5.74) is 1.71. The molecule has 2 aromatic heterocycles. The number of aromatic nitrogens is 3. The van der Waals surface area contributed by atoms with Crippen LogP contribution in [0, 0.1) is 0 Å². The maximum atomic E-state index is 12.4. The number of carbonyl (C=O) groups excluding carboxylic acids is 1. The zero-order chi connectivity index (χ0) is 16.8. The van der Waals surface area contributed by atoms with E-state index in [1.165, 1.54) is 17.3 Å². The average molecular weight is 343 g/mol. The number of rotatable bonds is 5. The topological polar surface area (TPSA) is 71.0 Å². The van der Waals surface area contributed by atoms with Gasteiger partial charge in [0.1, 0.15) is 0 Å². The normalized spacial score (nSPS) is 18.3. The second-order valence-corrected chi connectivity index (χ2v) is 6.64. The molecule has 6 nitrogen and oxygen atoms in total. The molecule has 0 spiro atoms. The van der Waals surface area contributed by atoms with E-state index in [1.54, 1.807) is 18.6 Å². The molecule has 24 heavy (non-hydrogen) atoms. The van der Waals surface area contributed by atoms with Gasteiger partial charge in [-0.2, -0.15) is 0 Å². The highest BCUT2D eigenvalue weighted by atomic mass is 32.2. The monoisotopic (exact) mass is 343 g/mol. The van der Waals surface area contributed by atoms with E-state index in [9.17, 15) is 4.79 Å². The van der Waals surface area contributed by atoms with Gasteiger partial charge in [0.25, 0.3) is 5.91 Å². The fourth-order valence-electron chi connectivity index (χ4n) is 2.87. The van der Waals surface area contributed by atoms with Crippen LogP contribution >= 0.6 is 11.8 Å². The third-order valence-electron chi connectivity index (χ3n) is 4.04. The minimum atomic E-state index is -0.101. The fraction of sp³-hybridized carbons (Fsp3) is 0.412. The van der Waals surface area contributed by atoms with Gasteiger partial charge in [0.15, 0.2) is 5.16 Å². The third-order valence-corrected chi connectivity index (χ3v) is 4.62. The summed E-state index contributed by atoms with van der Waals surface area (Å²) in [4.78, 5) is 27.2. The largest absolute Gasteiger partial charge is 0.348 e. The van der Waals surface area contributed by atoms with Crippen molar-refractivity contribution in [2.75, 3.05) is 19.3 Å². The summed E-state index contributed by atoms with van der Waals surface area (Å²) in [6, 6.07) is 4.19. The molecule has 1 amide bonds. The van der Waals surface area contributed by atoms with Gasteiger partial charge in [-0.15, -0.1) is 0 Å². The average Bonchev–Trinajstić information content (AvgIpc) is 2.63. The fourth-order valence-corrected chi connectivity index (χ4v) is 3.19. The number of amides is 1. The molecule has 0 aliphatic carbocycles. The zero-order valence-electron chi connectivity index (χ0n) is 13.7. The zero-order valence-corrected chi connectivity index (χ0v) is 14.5. The number of nitrogens with one attached hydrogen (secondary N) is 1. The molecule has 3 heterocycles. The summed E-state index contributed by atoms with van der Waals surface area (Å²) in [5.74, 6) is -0.101. The maximum absolute atomic E-state index is 12.4. The van der Waals surface area contributed by atoms with Gasteiger partial charge in [-0.3, -0.25) is 14.7 Å². The summed E-state index contributed by atoms with van der Waals surface area (Å²) in [5, 5.41) is 3.78. The van der Waals surface area contributed by atoms with Gasteiger partial charge in [-0.1, -0.05) is 17.8 Å². The molecule has 0 aromatic carbocycles. The van der Waals surface area contributed by atoms with Gasteiger partial charge in [-0.05, 0) is 37.3 Å². The number of hydrogen-bond acceptors (Lipinski definition) is 6. The van der Waals surface area contributed by atoms with Crippen molar-refractivity contribution in [3.8, 4) is 0 Å². The Bertz CT molecular complexity index is 664. The van der Waals surface area contributed by atoms with Crippen LogP contribution in [0.4, 0.5) is 0 Å². The third kappa shape index (κ3) is 4.52. The summed E-state index contributed by atoms with van der Waals surface area (Å²) in [6.45, 7) is 2.77. The number of hydrogen-bond donors (Lipinski definition) is 1. The number of piperidine rings is 1. The van der Waals surface area contributed by atoms with Crippen molar-refractivity contribution < 1.29 is 4.79 Å². The molecule has 0 radical (unpaired) electrons. The molecule has 1 aliphatic heterocycles. The minimum absolute atomic E-state index is 0.101. The lowest BCUT2D eigenvalue weighted by atomic mass is 10.0. The number of carbonyl (C=O) groups is 1. The van der Waals surface area contributed by atoms with Crippen LogP contribution in [0.25, 0.3) is 0 Å². The summed E-state index contributed by atoms with van der Waals surface area (Å²) in [6.07, 6.45) is 10.8. The van der Waals surface area contributed by atoms with Gasteiger partial charge in [0.2, 0.25) is 0 Å².